The largest absolute Gasteiger partial charge is 0.355 e. The van der Waals surface area contributed by atoms with Gasteiger partial charge < -0.3 is 9.88 Å². The average Bonchev–Trinajstić information content (AvgIpc) is 3.44. The van der Waals surface area contributed by atoms with E-state index in [-0.39, 0.29) is 5.91 Å². The molecule has 0 saturated heterocycles. The number of amides is 1. The highest BCUT2D eigenvalue weighted by Crippen LogP contribution is 2.33. The Balaban J connectivity index is 1.35. The molecule has 2 heterocycles. The molecule has 3 aromatic rings. The number of nitrogens with one attached hydrogen (secondary N) is 1. The number of benzene rings is 1. The number of carbonyl (C=O) groups excluding carboxylic acids is 1. The topological polar surface area (TPSA) is 59.8 Å². The molecule has 0 aliphatic heterocycles. The Morgan fingerprint density at radius 1 is 1.16 bits per heavy atom. The molecule has 0 atom stereocenters. The molecule has 0 bridgehead atoms. The average molecular weight is 475 g/mol. The summed E-state index contributed by atoms with van der Waals surface area (Å²) in [6.45, 7) is 0.611. The van der Waals surface area contributed by atoms with Crippen molar-refractivity contribution in [3.05, 3.63) is 63.1 Å². The van der Waals surface area contributed by atoms with Crippen LogP contribution >= 0.6 is 34.7 Å². The fourth-order valence-corrected chi connectivity index (χ4v) is 5.66. The minimum absolute atomic E-state index is 0.0250. The van der Waals surface area contributed by atoms with Crippen molar-refractivity contribution in [3.8, 4) is 0 Å². The van der Waals surface area contributed by atoms with E-state index in [0.29, 0.717) is 18.3 Å². The monoisotopic (exact) mass is 474 g/mol. The molecule has 1 N–H and O–H groups in total. The lowest BCUT2D eigenvalue weighted by molar-refractivity contribution is -0.118. The van der Waals surface area contributed by atoms with Gasteiger partial charge in [-0.15, -0.1) is 21.5 Å². The van der Waals surface area contributed by atoms with E-state index in [0.717, 1.165) is 47.3 Å². The van der Waals surface area contributed by atoms with Gasteiger partial charge in [0.05, 0.1) is 5.75 Å². The van der Waals surface area contributed by atoms with E-state index in [2.05, 4.69) is 37.6 Å². The van der Waals surface area contributed by atoms with Gasteiger partial charge in [0.15, 0.2) is 5.16 Å². The van der Waals surface area contributed by atoms with Crippen LogP contribution in [-0.2, 0) is 17.6 Å². The Kier molecular flexibility index (Phi) is 8.05. The van der Waals surface area contributed by atoms with Crippen LogP contribution in [0.2, 0.25) is 5.02 Å². The van der Waals surface area contributed by atoms with Gasteiger partial charge in [0.25, 0.3) is 0 Å². The van der Waals surface area contributed by atoms with Crippen LogP contribution in [0.25, 0.3) is 0 Å². The molecule has 2 aromatic heterocycles. The summed E-state index contributed by atoms with van der Waals surface area (Å²) in [5.74, 6) is 1.39. The summed E-state index contributed by atoms with van der Waals surface area (Å²) in [5, 5.41) is 15.7. The summed E-state index contributed by atoms with van der Waals surface area (Å²) < 4.78 is 2.31. The molecular weight excluding hydrogens is 448 g/mol. The van der Waals surface area contributed by atoms with E-state index in [9.17, 15) is 4.79 Å². The predicted molar refractivity (Wildman–Crippen MR) is 128 cm³/mol. The number of thioether (sulfide) groups is 1. The van der Waals surface area contributed by atoms with Crippen molar-refractivity contribution in [2.24, 2.45) is 0 Å². The number of halogens is 1. The van der Waals surface area contributed by atoms with Gasteiger partial charge in [-0.25, -0.2) is 0 Å². The third kappa shape index (κ3) is 6.34. The summed E-state index contributed by atoms with van der Waals surface area (Å²) in [7, 11) is 0. The highest BCUT2D eigenvalue weighted by atomic mass is 35.5. The van der Waals surface area contributed by atoms with Crippen LogP contribution < -0.4 is 5.32 Å². The summed E-state index contributed by atoms with van der Waals surface area (Å²) in [5.41, 5.74) is 1.16. The van der Waals surface area contributed by atoms with Crippen molar-refractivity contribution in [1.29, 1.82) is 0 Å². The molecule has 8 heteroatoms. The molecular formula is C23H27ClN4OS2. The third-order valence-corrected chi connectivity index (χ3v) is 7.64. The molecule has 164 valence electrons. The molecule has 1 saturated carbocycles. The molecule has 1 aromatic carbocycles. The number of aromatic nitrogens is 3. The van der Waals surface area contributed by atoms with Gasteiger partial charge in [-0.1, -0.05) is 60.8 Å². The molecule has 1 aliphatic carbocycles. The number of rotatable bonds is 9. The zero-order valence-electron chi connectivity index (χ0n) is 17.4. The van der Waals surface area contributed by atoms with E-state index in [1.807, 2.05) is 24.3 Å². The van der Waals surface area contributed by atoms with Crippen molar-refractivity contribution in [2.75, 3.05) is 12.3 Å². The van der Waals surface area contributed by atoms with Crippen molar-refractivity contribution in [1.82, 2.24) is 20.1 Å². The third-order valence-electron chi connectivity index (χ3n) is 5.57. The minimum atomic E-state index is 0.0250. The highest BCUT2D eigenvalue weighted by molar-refractivity contribution is 7.99. The van der Waals surface area contributed by atoms with Crippen LogP contribution in [0.1, 0.15) is 54.4 Å². The smallest absolute Gasteiger partial charge is 0.230 e. The molecule has 31 heavy (non-hydrogen) atoms. The normalized spacial score (nSPS) is 14.6. The summed E-state index contributed by atoms with van der Waals surface area (Å²) in [6.07, 6.45) is 7.71. The van der Waals surface area contributed by atoms with Crippen LogP contribution in [0.5, 0.6) is 0 Å². The Labute approximate surface area is 196 Å². The van der Waals surface area contributed by atoms with E-state index in [4.69, 9.17) is 11.6 Å². The van der Waals surface area contributed by atoms with Gasteiger partial charge >= 0.3 is 0 Å². The zero-order valence-corrected chi connectivity index (χ0v) is 19.8. The maximum Gasteiger partial charge on any atom is 0.230 e. The lowest BCUT2D eigenvalue weighted by Crippen LogP contribution is -2.27. The molecule has 1 amide bonds. The fourth-order valence-electron chi connectivity index (χ4n) is 3.98. The lowest BCUT2D eigenvalue weighted by Gasteiger charge is -2.25. The van der Waals surface area contributed by atoms with Crippen LogP contribution in [0.4, 0.5) is 0 Å². The van der Waals surface area contributed by atoms with Gasteiger partial charge in [0.1, 0.15) is 5.82 Å². The first-order chi connectivity index (χ1) is 15.2. The van der Waals surface area contributed by atoms with Crippen molar-refractivity contribution in [2.45, 2.75) is 56.1 Å². The molecule has 0 radical (unpaired) electrons. The molecule has 4 rings (SSSR count). The Bertz CT molecular complexity index is 966. The second-order valence-corrected chi connectivity index (χ2v) is 10.2. The Hall–Kier alpha value is -1.83. The molecule has 0 spiro atoms. The van der Waals surface area contributed by atoms with Crippen LogP contribution in [0, 0.1) is 0 Å². The fraction of sp³-hybridized carbons (Fsp3) is 0.435. The number of hydrogen-bond acceptors (Lipinski definition) is 5. The van der Waals surface area contributed by atoms with Gasteiger partial charge in [-0.05, 0) is 48.4 Å². The standard InChI is InChI=1S/C23H27ClN4OS2/c24-18-10-8-17(9-11-18)12-13-25-22(29)16-31-23-27-26-21(15-20-7-4-14-30-20)28(23)19-5-2-1-3-6-19/h4,7-11,14,19H,1-3,5-6,12-13,15-16H2,(H,25,29). The number of nitrogens with zero attached hydrogens (tertiary/aromatic N) is 3. The van der Waals surface area contributed by atoms with E-state index in [1.165, 1.54) is 35.9 Å². The van der Waals surface area contributed by atoms with Gasteiger partial charge in [0, 0.05) is 28.9 Å². The van der Waals surface area contributed by atoms with Crippen molar-refractivity contribution in [3.63, 3.8) is 0 Å². The van der Waals surface area contributed by atoms with Gasteiger partial charge in [-0.3, -0.25) is 4.79 Å². The molecule has 5 nitrogen and oxygen atoms in total. The van der Waals surface area contributed by atoms with Gasteiger partial charge in [0.2, 0.25) is 5.91 Å². The van der Waals surface area contributed by atoms with Crippen LogP contribution in [-0.4, -0.2) is 33.0 Å². The van der Waals surface area contributed by atoms with Crippen molar-refractivity contribution < 1.29 is 4.79 Å². The quantitative estimate of drug-likeness (QED) is 0.413. The van der Waals surface area contributed by atoms with E-state index < -0.39 is 0 Å². The van der Waals surface area contributed by atoms with Crippen molar-refractivity contribution >= 4 is 40.6 Å². The second kappa shape index (κ2) is 11.2. The maximum atomic E-state index is 12.4. The molecule has 0 unspecified atom stereocenters. The SMILES string of the molecule is O=C(CSc1nnc(Cc2cccs2)n1C1CCCCC1)NCCc1ccc(Cl)cc1. The molecule has 1 aliphatic rings. The van der Waals surface area contributed by atoms with Gasteiger partial charge in [-0.2, -0.15) is 0 Å². The zero-order chi connectivity index (χ0) is 21.5. The Morgan fingerprint density at radius 3 is 2.71 bits per heavy atom. The highest BCUT2D eigenvalue weighted by Gasteiger charge is 2.23. The van der Waals surface area contributed by atoms with Crippen LogP contribution in [0.15, 0.2) is 46.9 Å². The first-order valence-corrected chi connectivity index (χ1v) is 13.0. The second-order valence-electron chi connectivity index (χ2n) is 7.83. The number of carbonyl (C=O) groups is 1. The van der Waals surface area contributed by atoms with E-state index in [1.54, 1.807) is 11.3 Å². The minimum Gasteiger partial charge on any atom is -0.355 e. The summed E-state index contributed by atoms with van der Waals surface area (Å²) in [6, 6.07) is 12.4. The van der Waals surface area contributed by atoms with Crippen LogP contribution in [0.3, 0.4) is 0 Å². The predicted octanol–water partition coefficient (Wildman–Crippen LogP) is 5.54. The Morgan fingerprint density at radius 2 is 1.97 bits per heavy atom. The van der Waals surface area contributed by atoms with E-state index >= 15 is 0 Å². The number of hydrogen-bond donors (Lipinski definition) is 1. The summed E-state index contributed by atoms with van der Waals surface area (Å²) >= 11 is 9.16. The number of thiophene rings is 1. The first kappa shape index (κ1) is 22.4. The summed E-state index contributed by atoms with van der Waals surface area (Å²) in [4.78, 5) is 13.7. The molecule has 1 fully saturated rings. The first-order valence-electron chi connectivity index (χ1n) is 10.8. The maximum absolute atomic E-state index is 12.4. The lowest BCUT2D eigenvalue weighted by atomic mass is 9.95.